The zero-order valence-electron chi connectivity index (χ0n) is 15.7. The molecule has 0 unspecified atom stereocenters. The van der Waals surface area contributed by atoms with Gasteiger partial charge in [-0.05, 0) is 37.1 Å². The van der Waals surface area contributed by atoms with Crippen molar-refractivity contribution >= 4 is 17.6 Å². The summed E-state index contributed by atoms with van der Waals surface area (Å²) in [7, 11) is 3.11. The van der Waals surface area contributed by atoms with Gasteiger partial charge in [0, 0.05) is 11.7 Å². The predicted molar refractivity (Wildman–Crippen MR) is 93.5 cm³/mol. The molecular weight excluding hydrogens is 368 g/mol. The van der Waals surface area contributed by atoms with E-state index in [4.69, 9.17) is 4.74 Å². The van der Waals surface area contributed by atoms with E-state index in [1.54, 1.807) is 36.2 Å². The van der Waals surface area contributed by atoms with E-state index < -0.39 is 11.9 Å². The topological polar surface area (TPSA) is 123 Å². The van der Waals surface area contributed by atoms with Crippen molar-refractivity contribution in [3.05, 3.63) is 30.0 Å². The number of rotatable bonds is 9. The maximum absolute atomic E-state index is 13.0. The summed E-state index contributed by atoms with van der Waals surface area (Å²) in [6.07, 6.45) is 1.69. The quantitative estimate of drug-likeness (QED) is 0.577. The third kappa shape index (κ3) is 4.51. The summed E-state index contributed by atoms with van der Waals surface area (Å²) < 4.78 is 11.0. The van der Waals surface area contributed by atoms with Gasteiger partial charge in [0.05, 0.1) is 18.9 Å². The highest BCUT2D eigenvalue weighted by Gasteiger charge is 2.35. The molecule has 1 aromatic heterocycles. The van der Waals surface area contributed by atoms with Crippen LogP contribution in [0.15, 0.2) is 28.8 Å². The Bertz CT molecular complexity index is 827. The Morgan fingerprint density at radius 1 is 1.32 bits per heavy atom. The standard InChI is InChI=1S/C18H22N4O6/c1-20-15(18(26)28-19-20)9-22(13-3-4-13)16(23)10-21(11-17(24)25)12-5-7-14(27-2)8-6-12/h5-8,13H,3-4,9-11H2,1-2H3,(H-,19,24,25,26). The molecule has 0 radical (unpaired) electrons. The first-order chi connectivity index (χ1) is 13.4. The zero-order chi connectivity index (χ0) is 20.3. The number of benzene rings is 1. The van der Waals surface area contributed by atoms with Crippen LogP contribution >= 0.6 is 0 Å². The van der Waals surface area contributed by atoms with E-state index in [1.165, 1.54) is 16.7 Å². The number of carboxylic acids is 1. The summed E-state index contributed by atoms with van der Waals surface area (Å²) in [5.41, 5.74) is 0.863. The highest BCUT2D eigenvalue weighted by molar-refractivity contribution is 5.84. The number of aryl methyl sites for hydroxylation is 1. The molecule has 1 saturated carbocycles. The zero-order valence-corrected chi connectivity index (χ0v) is 15.7. The third-order valence-electron chi connectivity index (χ3n) is 4.59. The molecule has 1 heterocycles. The number of amides is 1. The van der Waals surface area contributed by atoms with E-state index in [0.29, 0.717) is 11.4 Å². The molecule has 10 nitrogen and oxygen atoms in total. The minimum Gasteiger partial charge on any atom is -0.539 e. The summed E-state index contributed by atoms with van der Waals surface area (Å²) in [5.74, 6) is -1.26. The van der Waals surface area contributed by atoms with E-state index in [0.717, 1.165) is 12.8 Å². The second kappa shape index (κ2) is 8.15. The molecule has 1 amide bonds. The third-order valence-corrected chi connectivity index (χ3v) is 4.59. The van der Waals surface area contributed by atoms with Crippen LogP contribution in [0, 0.1) is 0 Å². The molecule has 0 saturated heterocycles. The average Bonchev–Trinajstić information content (AvgIpc) is 3.45. The van der Waals surface area contributed by atoms with Gasteiger partial charge in [-0.15, -0.1) is 0 Å². The van der Waals surface area contributed by atoms with Crippen LogP contribution in [0.3, 0.4) is 0 Å². The maximum atomic E-state index is 13.0. The number of carboxylic acid groups (broad SMARTS) is 1. The molecule has 1 aliphatic rings. The van der Waals surface area contributed by atoms with E-state index in [-0.39, 0.29) is 37.3 Å². The lowest BCUT2D eigenvalue weighted by Crippen LogP contribution is -2.45. The molecular formula is C18H22N4O6. The fraction of sp³-hybridized carbons (Fsp3) is 0.444. The van der Waals surface area contributed by atoms with Crippen molar-refractivity contribution in [3.63, 3.8) is 0 Å². The Kier molecular flexibility index (Phi) is 5.67. The molecule has 1 aliphatic carbocycles. The first-order valence-corrected chi connectivity index (χ1v) is 8.81. The van der Waals surface area contributed by atoms with Crippen LogP contribution in [-0.4, -0.2) is 53.4 Å². The van der Waals surface area contributed by atoms with Crippen molar-refractivity contribution in [1.82, 2.24) is 10.2 Å². The number of carbonyl (C=O) groups is 2. The van der Waals surface area contributed by atoms with Gasteiger partial charge in [0.15, 0.2) is 13.0 Å². The van der Waals surface area contributed by atoms with Gasteiger partial charge in [-0.3, -0.25) is 9.59 Å². The van der Waals surface area contributed by atoms with Gasteiger partial charge in [0.1, 0.15) is 18.8 Å². The minimum atomic E-state index is -1.05. The summed E-state index contributed by atoms with van der Waals surface area (Å²) in [4.78, 5) is 27.3. The van der Waals surface area contributed by atoms with Gasteiger partial charge in [-0.1, -0.05) is 4.68 Å². The van der Waals surface area contributed by atoms with E-state index >= 15 is 0 Å². The number of ether oxygens (including phenoxy) is 1. The van der Waals surface area contributed by atoms with Crippen molar-refractivity contribution in [2.45, 2.75) is 25.4 Å². The first-order valence-electron chi connectivity index (χ1n) is 8.81. The highest BCUT2D eigenvalue weighted by Crippen LogP contribution is 2.29. The Morgan fingerprint density at radius 3 is 2.50 bits per heavy atom. The Balaban J connectivity index is 1.77. The second-order valence-corrected chi connectivity index (χ2v) is 6.63. The molecule has 10 heteroatoms. The van der Waals surface area contributed by atoms with Crippen LogP contribution in [0.2, 0.25) is 0 Å². The van der Waals surface area contributed by atoms with Gasteiger partial charge in [0.2, 0.25) is 5.91 Å². The molecule has 0 spiro atoms. The Hall–Kier alpha value is -3.30. The maximum Gasteiger partial charge on any atom is 0.323 e. The van der Waals surface area contributed by atoms with Gasteiger partial charge in [-0.2, -0.15) is 0 Å². The second-order valence-electron chi connectivity index (χ2n) is 6.63. The lowest BCUT2D eigenvalue weighted by Gasteiger charge is -2.27. The molecule has 3 rings (SSSR count). The largest absolute Gasteiger partial charge is 0.539 e. The summed E-state index contributed by atoms with van der Waals surface area (Å²) >= 11 is 0. The Morgan fingerprint density at radius 2 is 2.00 bits per heavy atom. The molecule has 0 bridgehead atoms. The van der Waals surface area contributed by atoms with Crippen molar-refractivity contribution in [2.24, 2.45) is 7.05 Å². The molecule has 1 N–H and O–H groups in total. The van der Waals surface area contributed by atoms with E-state index in [9.17, 15) is 19.8 Å². The highest BCUT2D eigenvalue weighted by atomic mass is 16.6. The van der Waals surface area contributed by atoms with Crippen LogP contribution in [0.1, 0.15) is 18.5 Å². The lowest BCUT2D eigenvalue weighted by atomic mass is 10.2. The summed E-state index contributed by atoms with van der Waals surface area (Å²) in [5, 5.41) is 24.6. The van der Waals surface area contributed by atoms with Crippen LogP contribution in [0.5, 0.6) is 11.7 Å². The predicted octanol–water partition coefficient (Wildman–Crippen LogP) is -0.336. The number of methoxy groups -OCH3 is 1. The van der Waals surface area contributed by atoms with Gasteiger partial charge in [0.25, 0.3) is 5.69 Å². The van der Waals surface area contributed by atoms with E-state index in [1.807, 2.05) is 0 Å². The van der Waals surface area contributed by atoms with Crippen LogP contribution in [0.4, 0.5) is 5.69 Å². The normalized spacial score (nSPS) is 13.2. The SMILES string of the molecule is COc1ccc(N(CC(=O)O)CC(=O)N(Cc2c([O-])on[n+]2C)C2CC2)cc1. The molecule has 2 aromatic rings. The van der Waals surface area contributed by atoms with Gasteiger partial charge < -0.3 is 29.3 Å². The van der Waals surface area contributed by atoms with Crippen molar-refractivity contribution in [3.8, 4) is 11.7 Å². The number of nitrogens with zero attached hydrogens (tertiary/aromatic N) is 4. The number of hydrogen-bond acceptors (Lipinski definition) is 7. The smallest absolute Gasteiger partial charge is 0.323 e. The number of carbonyl (C=O) groups excluding carboxylic acids is 1. The number of aliphatic carboxylic acids is 1. The molecule has 1 aromatic carbocycles. The first kappa shape index (κ1) is 19.5. The van der Waals surface area contributed by atoms with Crippen LogP contribution < -0.4 is 19.4 Å². The monoisotopic (exact) mass is 390 g/mol. The van der Waals surface area contributed by atoms with Crippen molar-refractivity contribution in [2.75, 3.05) is 25.1 Å². The number of hydrogen-bond donors (Lipinski definition) is 1. The van der Waals surface area contributed by atoms with Crippen molar-refractivity contribution in [1.29, 1.82) is 0 Å². The molecule has 0 atom stereocenters. The van der Waals surface area contributed by atoms with Gasteiger partial charge in [-0.25, -0.2) is 0 Å². The van der Waals surface area contributed by atoms with Crippen LogP contribution in [-0.2, 0) is 23.2 Å². The van der Waals surface area contributed by atoms with Crippen LogP contribution in [0.25, 0.3) is 0 Å². The Labute approximate surface area is 161 Å². The molecule has 150 valence electrons. The van der Waals surface area contributed by atoms with E-state index in [2.05, 4.69) is 9.79 Å². The number of anilines is 1. The fourth-order valence-corrected chi connectivity index (χ4v) is 2.92. The average molecular weight is 390 g/mol. The molecule has 1 fully saturated rings. The minimum absolute atomic E-state index is 0.0318. The number of aromatic nitrogens is 2. The molecule has 0 aliphatic heterocycles. The summed E-state index contributed by atoms with van der Waals surface area (Å²) in [6, 6.07) is 6.84. The van der Waals surface area contributed by atoms with Gasteiger partial charge >= 0.3 is 5.97 Å². The lowest BCUT2D eigenvalue weighted by molar-refractivity contribution is -0.747. The molecule has 28 heavy (non-hydrogen) atoms. The fourth-order valence-electron chi connectivity index (χ4n) is 2.92. The summed E-state index contributed by atoms with van der Waals surface area (Å²) in [6.45, 7) is -0.380. The van der Waals surface area contributed by atoms with Crippen molar-refractivity contribution < 1.29 is 33.7 Å².